The Morgan fingerprint density at radius 2 is 0.947 bits per heavy atom. The molecule has 1 rings (SSSR count). The molecule has 0 aromatic heterocycles. The molecule has 38 heavy (non-hydrogen) atoms. The summed E-state index contributed by atoms with van der Waals surface area (Å²) in [5, 5.41) is 10.0. The normalized spacial score (nSPS) is 15.9. The van der Waals surface area contributed by atoms with Crippen molar-refractivity contribution in [2.45, 2.75) is 73.9 Å². The number of aromatic hydroxyl groups is 1. The zero-order valence-corrected chi connectivity index (χ0v) is 18.6. The summed E-state index contributed by atoms with van der Waals surface area (Å²) in [7, 11) is 0. The lowest BCUT2D eigenvalue weighted by Crippen LogP contribution is -2.74. The van der Waals surface area contributed by atoms with Gasteiger partial charge in [-0.3, -0.25) is 0 Å². The highest BCUT2D eigenvalue weighted by Crippen LogP contribution is 2.64. The van der Waals surface area contributed by atoms with Gasteiger partial charge in [0.25, 0.3) is 0 Å². The first-order valence-corrected chi connectivity index (χ1v) is 9.45. The van der Waals surface area contributed by atoms with E-state index >= 15 is 0 Å². The van der Waals surface area contributed by atoms with Crippen LogP contribution in [0.15, 0.2) is 23.2 Å². The molecule has 0 atom stereocenters. The van der Waals surface area contributed by atoms with Crippen LogP contribution in [0.1, 0.15) is 31.9 Å². The van der Waals surface area contributed by atoms with Gasteiger partial charge in [-0.2, -0.15) is 74.6 Å². The topological polar surface area (TPSA) is 32.6 Å². The van der Waals surface area contributed by atoms with E-state index in [9.17, 15) is 79.7 Å². The van der Waals surface area contributed by atoms with Gasteiger partial charge in [-0.1, -0.05) is 32.9 Å². The lowest BCUT2D eigenvalue weighted by atomic mass is 9.85. The molecule has 0 aliphatic carbocycles. The van der Waals surface area contributed by atoms with Crippen molar-refractivity contribution in [2.75, 3.05) is 0 Å². The molecule has 1 aromatic rings. The van der Waals surface area contributed by atoms with E-state index in [2.05, 4.69) is 0 Å². The van der Waals surface area contributed by atoms with E-state index in [-0.39, 0.29) is 5.56 Å². The fraction of sp³-hybridized carbons (Fsp3) is 0.632. The van der Waals surface area contributed by atoms with Gasteiger partial charge in [0.2, 0.25) is 0 Å². The van der Waals surface area contributed by atoms with Crippen LogP contribution in [-0.4, -0.2) is 59.1 Å². The summed E-state index contributed by atoms with van der Waals surface area (Å²) in [4.78, 5) is 1.55. The summed E-state index contributed by atoms with van der Waals surface area (Å²) in [6.45, 7) is 4.27. The third kappa shape index (κ3) is 4.73. The molecule has 0 aliphatic rings. The third-order valence-corrected chi connectivity index (χ3v) is 4.95. The highest BCUT2D eigenvalue weighted by atomic mass is 19.4. The zero-order valence-electron chi connectivity index (χ0n) is 18.6. The summed E-state index contributed by atoms with van der Waals surface area (Å²) in [5.41, 5.74) is -2.03. The van der Waals surface area contributed by atoms with Crippen LogP contribution in [-0.2, 0) is 5.41 Å². The number of halogens is 17. The van der Waals surface area contributed by atoms with Gasteiger partial charge in [0, 0.05) is 11.8 Å². The molecule has 0 heterocycles. The molecule has 0 spiro atoms. The minimum atomic E-state index is -8.70. The van der Waals surface area contributed by atoms with Gasteiger partial charge in [0.1, 0.15) is 5.75 Å². The van der Waals surface area contributed by atoms with Crippen molar-refractivity contribution in [3.05, 3.63) is 29.3 Å². The first kappa shape index (κ1) is 33.5. The highest BCUT2D eigenvalue weighted by molar-refractivity contribution is 5.84. The minimum absolute atomic E-state index is 0.0964. The van der Waals surface area contributed by atoms with Crippen LogP contribution in [0.2, 0.25) is 0 Å². The maximum atomic E-state index is 13.9. The number of rotatable bonds is 8. The smallest absolute Gasteiger partial charge is 0.460 e. The van der Waals surface area contributed by atoms with Crippen molar-refractivity contribution in [1.29, 1.82) is 0 Å². The Balaban J connectivity index is 3.65. The minimum Gasteiger partial charge on any atom is -0.507 e. The molecule has 0 saturated heterocycles. The molecule has 0 unspecified atom stereocenters. The molecule has 0 saturated carbocycles. The fourth-order valence-electron chi connectivity index (χ4n) is 2.66. The van der Waals surface area contributed by atoms with Crippen LogP contribution in [0.25, 0.3) is 0 Å². The van der Waals surface area contributed by atoms with E-state index in [0.717, 1.165) is 12.1 Å². The summed E-state index contributed by atoms with van der Waals surface area (Å²) >= 11 is 0. The Hall–Kier alpha value is -2.50. The van der Waals surface area contributed by atoms with E-state index in [0.29, 0.717) is 6.07 Å². The molecule has 0 bridgehead atoms. The van der Waals surface area contributed by atoms with E-state index in [1.54, 1.807) is 4.99 Å². The van der Waals surface area contributed by atoms with Crippen LogP contribution in [0.3, 0.4) is 0 Å². The Morgan fingerprint density at radius 1 is 0.579 bits per heavy atom. The number of hydrogen-bond acceptors (Lipinski definition) is 2. The van der Waals surface area contributed by atoms with Crippen LogP contribution in [0.4, 0.5) is 74.6 Å². The number of benzene rings is 1. The second kappa shape index (κ2) is 9.02. The van der Waals surface area contributed by atoms with Gasteiger partial charge in [-0.25, -0.2) is 4.99 Å². The standard InChI is InChI=1S/C19H14F17NO/c1-11(2,3)9-6-4-5-8(10(9)38)7-37-19(35,36)17(30,31)15(26,27)13(22,23)12(20,21)14(24,25)16(28,29)18(32,33)34/h4-7,38H,1-3H3. The molecular weight excluding hydrogens is 581 g/mol. The Bertz CT molecular complexity index is 1050. The van der Waals surface area contributed by atoms with Crippen molar-refractivity contribution in [1.82, 2.24) is 0 Å². The van der Waals surface area contributed by atoms with Gasteiger partial charge in [0.05, 0.1) is 0 Å². The monoisotopic (exact) mass is 595 g/mol. The molecule has 1 aromatic carbocycles. The number of hydrogen-bond donors (Lipinski definition) is 1. The van der Waals surface area contributed by atoms with Crippen LogP contribution in [0.5, 0.6) is 5.75 Å². The number of phenols is 1. The Kier molecular flexibility index (Phi) is 7.96. The number of nitrogens with zero attached hydrogens (tertiary/aromatic N) is 1. The van der Waals surface area contributed by atoms with Crippen LogP contribution in [0, 0.1) is 0 Å². The van der Waals surface area contributed by atoms with Crippen molar-refractivity contribution in [3.63, 3.8) is 0 Å². The van der Waals surface area contributed by atoms with Gasteiger partial charge in [-0.15, -0.1) is 0 Å². The van der Waals surface area contributed by atoms with Crippen molar-refractivity contribution in [3.8, 4) is 5.75 Å². The third-order valence-electron chi connectivity index (χ3n) is 4.95. The Labute approximate surface area is 201 Å². The van der Waals surface area contributed by atoms with Gasteiger partial charge in [-0.05, 0) is 17.0 Å². The SMILES string of the molecule is CC(C)(C)c1cccc(C=NC(F)(F)C(F)(F)C(F)(F)C(F)(F)C(F)(F)C(F)(F)C(F)(F)C(F)(F)F)c1O. The summed E-state index contributed by atoms with van der Waals surface area (Å²) in [6.07, 6.45) is -8.33. The number of para-hydroxylation sites is 1. The second-order valence-electron chi connectivity index (χ2n) is 8.74. The Morgan fingerprint density at radius 3 is 1.32 bits per heavy atom. The molecule has 0 amide bonds. The maximum Gasteiger partial charge on any atom is 0.460 e. The van der Waals surface area contributed by atoms with E-state index in [1.165, 1.54) is 20.8 Å². The summed E-state index contributed by atoms with van der Waals surface area (Å²) in [5.74, 6) is -51.5. The molecule has 19 heteroatoms. The average molecular weight is 595 g/mol. The lowest BCUT2D eigenvalue weighted by molar-refractivity contribution is -0.461. The number of phenolic OH excluding ortho intramolecular Hbond substituents is 1. The maximum absolute atomic E-state index is 13.9. The molecule has 0 aliphatic heterocycles. The largest absolute Gasteiger partial charge is 0.507 e. The van der Waals surface area contributed by atoms with Crippen molar-refractivity contribution < 1.29 is 79.7 Å². The highest BCUT2D eigenvalue weighted by Gasteiger charge is 2.95. The second-order valence-corrected chi connectivity index (χ2v) is 8.74. The summed E-state index contributed by atoms with van der Waals surface area (Å²) < 4.78 is 225. The van der Waals surface area contributed by atoms with Gasteiger partial charge < -0.3 is 5.11 Å². The predicted octanol–water partition coefficient (Wildman–Crippen LogP) is 8.08. The molecular formula is C19H14F17NO. The van der Waals surface area contributed by atoms with Gasteiger partial charge >= 0.3 is 47.8 Å². The number of aliphatic imine (C=N–C) groups is 1. The van der Waals surface area contributed by atoms with Crippen molar-refractivity contribution >= 4 is 6.21 Å². The average Bonchev–Trinajstić information content (AvgIpc) is 2.70. The van der Waals surface area contributed by atoms with Crippen LogP contribution < -0.4 is 0 Å². The molecule has 220 valence electrons. The molecule has 2 nitrogen and oxygen atoms in total. The summed E-state index contributed by atoms with van der Waals surface area (Å²) in [6, 6.07) is -4.15. The molecule has 1 N–H and O–H groups in total. The van der Waals surface area contributed by atoms with E-state index in [1.807, 2.05) is 0 Å². The number of alkyl halides is 17. The van der Waals surface area contributed by atoms with E-state index < -0.39 is 70.7 Å². The predicted molar refractivity (Wildman–Crippen MR) is 95.1 cm³/mol. The first-order valence-electron chi connectivity index (χ1n) is 9.45. The molecule has 0 radical (unpaired) electrons. The molecule has 0 fully saturated rings. The van der Waals surface area contributed by atoms with Crippen molar-refractivity contribution in [2.24, 2.45) is 4.99 Å². The van der Waals surface area contributed by atoms with Gasteiger partial charge in [0.15, 0.2) is 0 Å². The first-order chi connectivity index (χ1) is 16.4. The van der Waals surface area contributed by atoms with Crippen LogP contribution >= 0.6 is 0 Å². The zero-order chi connectivity index (χ0) is 30.8. The lowest BCUT2D eigenvalue weighted by Gasteiger charge is -2.42. The fourth-order valence-corrected chi connectivity index (χ4v) is 2.66. The quantitative estimate of drug-likeness (QED) is 0.184. The van der Waals surface area contributed by atoms with E-state index in [4.69, 9.17) is 0 Å².